The Balaban J connectivity index is 2.38. The van der Waals surface area contributed by atoms with Gasteiger partial charge >= 0.3 is 6.03 Å². The molecule has 0 aliphatic rings. The van der Waals surface area contributed by atoms with Crippen molar-refractivity contribution >= 4 is 40.4 Å². The summed E-state index contributed by atoms with van der Waals surface area (Å²) in [6.45, 7) is 0. The van der Waals surface area contributed by atoms with Gasteiger partial charge in [0.15, 0.2) is 4.77 Å². The smallest absolute Gasteiger partial charge is 0.332 e. The molecule has 1 heterocycles. The summed E-state index contributed by atoms with van der Waals surface area (Å²) >= 11 is 8.30. The Bertz CT molecular complexity index is 826. The third-order valence-electron chi connectivity index (χ3n) is 2.74. The topological polar surface area (TPSA) is 116 Å². The van der Waals surface area contributed by atoms with Crippen LogP contribution in [-0.2, 0) is 6.42 Å². The molecule has 0 saturated heterocycles. The summed E-state index contributed by atoms with van der Waals surface area (Å²) in [7, 11) is 0. The lowest BCUT2D eigenvalue weighted by Crippen LogP contribution is -2.25. The molecule has 2 aromatic rings. The Hall–Kier alpha value is -2.26. The molecule has 0 atom stereocenters. The number of carbonyl (C=O) groups is 1. The Labute approximate surface area is 138 Å². The van der Waals surface area contributed by atoms with E-state index in [1.807, 2.05) is 24.3 Å². The molecule has 0 unspecified atom stereocenters. The van der Waals surface area contributed by atoms with Crippen molar-refractivity contribution in [3.63, 3.8) is 0 Å². The molecule has 0 bridgehead atoms. The molecule has 5 N–H and O–H groups in total. The van der Waals surface area contributed by atoms with Crippen molar-refractivity contribution in [3.05, 3.63) is 60.7 Å². The fraction of sp³-hybridized carbons (Fsp3) is 0.0769. The zero-order valence-corrected chi connectivity index (χ0v) is 13.6. The van der Waals surface area contributed by atoms with Crippen LogP contribution in [-0.4, -0.2) is 22.2 Å². The van der Waals surface area contributed by atoms with E-state index in [2.05, 4.69) is 36.4 Å². The van der Waals surface area contributed by atoms with E-state index in [-0.39, 0.29) is 10.3 Å². The summed E-state index contributed by atoms with van der Waals surface area (Å²) in [6.07, 6.45) is 1.68. The molecule has 22 heavy (non-hydrogen) atoms. The van der Waals surface area contributed by atoms with E-state index in [1.165, 1.54) is 6.21 Å². The third kappa shape index (κ3) is 4.37. The molecule has 0 fully saturated rings. The minimum absolute atomic E-state index is 0.171. The van der Waals surface area contributed by atoms with Gasteiger partial charge in [-0.25, -0.2) is 10.2 Å². The quantitative estimate of drug-likeness (QED) is 0.367. The van der Waals surface area contributed by atoms with Crippen LogP contribution < -0.4 is 16.7 Å². The van der Waals surface area contributed by atoms with Gasteiger partial charge in [0.25, 0.3) is 5.56 Å². The number of H-pyrrole nitrogens is 2. The maximum absolute atomic E-state index is 12.1. The molecule has 0 radical (unpaired) electrons. The SMILES string of the molecule is NC(=O)NN=Cc1[nH]c(=S)[nH]c(=O)c1Cc1ccc(Br)cc1. The molecule has 0 aliphatic carbocycles. The maximum Gasteiger partial charge on any atom is 0.332 e. The highest BCUT2D eigenvalue weighted by Gasteiger charge is 2.08. The molecule has 0 aliphatic heterocycles. The second-order valence-corrected chi connectivity index (χ2v) is 5.66. The van der Waals surface area contributed by atoms with E-state index in [0.29, 0.717) is 17.7 Å². The summed E-state index contributed by atoms with van der Waals surface area (Å²) in [5.41, 5.74) is 8.48. The van der Waals surface area contributed by atoms with Crippen LogP contribution in [0.4, 0.5) is 4.79 Å². The van der Waals surface area contributed by atoms with E-state index < -0.39 is 6.03 Å². The van der Waals surface area contributed by atoms with Gasteiger partial charge in [0.05, 0.1) is 11.9 Å². The lowest BCUT2D eigenvalue weighted by Gasteiger charge is -2.05. The summed E-state index contributed by atoms with van der Waals surface area (Å²) < 4.78 is 1.12. The number of carbonyl (C=O) groups excluding carboxylic acids is 1. The first-order valence-electron chi connectivity index (χ1n) is 6.14. The molecule has 2 amide bonds. The zero-order chi connectivity index (χ0) is 16.1. The molecule has 114 valence electrons. The van der Waals surface area contributed by atoms with Gasteiger partial charge in [-0.1, -0.05) is 28.1 Å². The van der Waals surface area contributed by atoms with Crippen molar-refractivity contribution in [1.29, 1.82) is 0 Å². The van der Waals surface area contributed by atoms with Crippen molar-refractivity contribution in [2.75, 3.05) is 0 Å². The normalized spacial score (nSPS) is 10.8. The first kappa shape index (κ1) is 16.1. The van der Waals surface area contributed by atoms with Gasteiger partial charge < -0.3 is 10.7 Å². The Kier molecular flexibility index (Phi) is 5.23. The summed E-state index contributed by atoms with van der Waals surface area (Å²) in [6, 6.07) is 6.77. The van der Waals surface area contributed by atoms with Crippen LogP contribution in [0.15, 0.2) is 38.6 Å². The standard InChI is InChI=1S/C13H12BrN5O2S/c14-8-3-1-7(2-4-8)5-9-10(6-16-19-12(15)21)17-13(22)18-11(9)20/h1-4,6H,5H2,(H3,15,19,21)(H2,17,18,20,22). The average Bonchev–Trinajstić information content (AvgIpc) is 2.44. The fourth-order valence-corrected chi connectivity index (χ4v) is 2.25. The number of primary amides is 1. The largest absolute Gasteiger partial charge is 0.350 e. The third-order valence-corrected chi connectivity index (χ3v) is 3.47. The summed E-state index contributed by atoms with van der Waals surface area (Å²) in [4.78, 5) is 28.1. The second kappa shape index (κ2) is 7.14. The lowest BCUT2D eigenvalue weighted by atomic mass is 10.1. The summed E-state index contributed by atoms with van der Waals surface area (Å²) in [5, 5.41) is 3.65. The van der Waals surface area contributed by atoms with E-state index in [1.54, 1.807) is 0 Å². The molecule has 9 heteroatoms. The highest BCUT2D eigenvalue weighted by Crippen LogP contribution is 2.13. The van der Waals surface area contributed by atoms with Gasteiger partial charge in [-0.2, -0.15) is 5.10 Å². The summed E-state index contributed by atoms with van der Waals surface area (Å²) in [5.74, 6) is 0. The van der Waals surface area contributed by atoms with Crippen LogP contribution in [0.25, 0.3) is 0 Å². The zero-order valence-electron chi connectivity index (χ0n) is 11.2. The predicted molar refractivity (Wildman–Crippen MR) is 89.5 cm³/mol. The van der Waals surface area contributed by atoms with Crippen LogP contribution in [0.5, 0.6) is 0 Å². The van der Waals surface area contributed by atoms with E-state index in [0.717, 1.165) is 10.0 Å². The van der Waals surface area contributed by atoms with E-state index >= 15 is 0 Å². The van der Waals surface area contributed by atoms with Gasteiger partial charge in [0.2, 0.25) is 0 Å². The number of hydrogen-bond acceptors (Lipinski definition) is 4. The Morgan fingerprint density at radius 2 is 2.05 bits per heavy atom. The first-order valence-corrected chi connectivity index (χ1v) is 7.34. The van der Waals surface area contributed by atoms with Crippen LogP contribution in [0.3, 0.4) is 0 Å². The number of nitrogens with one attached hydrogen (secondary N) is 3. The van der Waals surface area contributed by atoms with Gasteiger partial charge in [0, 0.05) is 16.5 Å². The van der Waals surface area contributed by atoms with Crippen molar-refractivity contribution in [1.82, 2.24) is 15.4 Å². The Morgan fingerprint density at radius 3 is 2.68 bits per heavy atom. The molecular formula is C13H12BrN5O2S. The van der Waals surface area contributed by atoms with Crippen molar-refractivity contribution in [2.24, 2.45) is 10.8 Å². The highest BCUT2D eigenvalue weighted by atomic mass is 79.9. The number of aromatic amines is 2. The van der Waals surface area contributed by atoms with Crippen LogP contribution >= 0.6 is 28.1 Å². The second-order valence-electron chi connectivity index (χ2n) is 4.34. The number of amides is 2. The van der Waals surface area contributed by atoms with E-state index in [9.17, 15) is 9.59 Å². The van der Waals surface area contributed by atoms with Gasteiger partial charge in [0.1, 0.15) is 0 Å². The number of hydrazone groups is 1. The lowest BCUT2D eigenvalue weighted by molar-refractivity contribution is 0.249. The monoisotopic (exact) mass is 381 g/mol. The molecule has 2 rings (SSSR count). The molecule has 1 aromatic heterocycles. The van der Waals surface area contributed by atoms with Crippen molar-refractivity contribution in [3.8, 4) is 0 Å². The maximum atomic E-state index is 12.1. The Morgan fingerprint density at radius 1 is 1.36 bits per heavy atom. The van der Waals surface area contributed by atoms with Crippen LogP contribution in [0, 0.1) is 4.77 Å². The molecule has 1 aromatic carbocycles. The number of rotatable bonds is 4. The van der Waals surface area contributed by atoms with Gasteiger partial charge in [-0.05, 0) is 29.9 Å². The number of benzene rings is 1. The number of halogens is 1. The molecule has 0 saturated carbocycles. The molecule has 7 nitrogen and oxygen atoms in total. The van der Waals surface area contributed by atoms with Crippen molar-refractivity contribution in [2.45, 2.75) is 6.42 Å². The number of nitrogens with zero attached hydrogens (tertiary/aromatic N) is 1. The minimum Gasteiger partial charge on any atom is -0.350 e. The number of hydrogen-bond donors (Lipinski definition) is 4. The van der Waals surface area contributed by atoms with Crippen LogP contribution in [0.2, 0.25) is 0 Å². The predicted octanol–water partition coefficient (Wildman–Crippen LogP) is 1.79. The minimum atomic E-state index is -0.797. The van der Waals surface area contributed by atoms with Crippen molar-refractivity contribution < 1.29 is 4.79 Å². The highest BCUT2D eigenvalue weighted by molar-refractivity contribution is 9.10. The molecular weight excluding hydrogens is 370 g/mol. The fourth-order valence-electron chi connectivity index (χ4n) is 1.78. The van der Waals surface area contributed by atoms with Crippen LogP contribution in [0.1, 0.15) is 16.8 Å². The molecule has 0 spiro atoms. The average molecular weight is 382 g/mol. The number of nitrogens with two attached hydrogens (primary N) is 1. The van der Waals surface area contributed by atoms with Gasteiger partial charge in [-0.15, -0.1) is 0 Å². The number of urea groups is 1. The van der Waals surface area contributed by atoms with E-state index in [4.69, 9.17) is 18.0 Å². The first-order chi connectivity index (χ1) is 10.5. The van der Waals surface area contributed by atoms with Gasteiger partial charge in [-0.3, -0.25) is 9.78 Å². The number of aromatic nitrogens is 2.